The molecule has 0 aliphatic carbocycles. The molecule has 2 rings (SSSR count). The first kappa shape index (κ1) is 13.2. The quantitative estimate of drug-likeness (QED) is 0.764. The normalized spacial score (nSPS) is 22.6. The molecule has 96 valence electrons. The van der Waals surface area contributed by atoms with Crippen molar-refractivity contribution in [3.8, 4) is 6.07 Å². The van der Waals surface area contributed by atoms with Crippen LogP contribution >= 0.6 is 11.6 Å². The van der Waals surface area contributed by atoms with E-state index < -0.39 is 0 Å². The molecule has 1 aliphatic rings. The van der Waals surface area contributed by atoms with Crippen LogP contribution in [0.1, 0.15) is 25.8 Å². The summed E-state index contributed by atoms with van der Waals surface area (Å²) >= 11 is 6.18. The zero-order chi connectivity index (χ0) is 13.3. The Labute approximate surface area is 114 Å². The van der Waals surface area contributed by atoms with Gasteiger partial charge in [-0.2, -0.15) is 5.26 Å². The van der Waals surface area contributed by atoms with E-state index in [-0.39, 0.29) is 11.3 Å². The highest BCUT2D eigenvalue weighted by Gasteiger charge is 2.36. The fraction of sp³-hybridized carbons (Fsp3) is 0.533. The topological polar surface area (TPSA) is 27.0 Å². The molecule has 3 heteroatoms. The summed E-state index contributed by atoms with van der Waals surface area (Å²) in [6.45, 7) is 8.25. The molecule has 2 nitrogen and oxygen atoms in total. The van der Waals surface area contributed by atoms with Crippen molar-refractivity contribution in [2.24, 2.45) is 11.3 Å². The van der Waals surface area contributed by atoms with Crippen molar-refractivity contribution >= 4 is 17.3 Å². The molecule has 0 radical (unpaired) electrons. The Morgan fingerprint density at radius 2 is 2.17 bits per heavy atom. The second kappa shape index (κ2) is 4.82. The van der Waals surface area contributed by atoms with Crippen LogP contribution in [0.25, 0.3) is 0 Å². The van der Waals surface area contributed by atoms with Gasteiger partial charge in [0.25, 0.3) is 0 Å². The van der Waals surface area contributed by atoms with Crippen LogP contribution in [0.4, 0.5) is 5.69 Å². The summed E-state index contributed by atoms with van der Waals surface area (Å²) in [5, 5.41) is 10.0. The maximum absolute atomic E-state index is 9.19. The van der Waals surface area contributed by atoms with Crippen LogP contribution in [-0.4, -0.2) is 13.1 Å². The molecule has 1 aromatic carbocycles. The van der Waals surface area contributed by atoms with Crippen molar-refractivity contribution in [1.29, 1.82) is 5.26 Å². The summed E-state index contributed by atoms with van der Waals surface area (Å²) < 4.78 is 0. The van der Waals surface area contributed by atoms with E-state index in [0.29, 0.717) is 0 Å². The fourth-order valence-electron chi connectivity index (χ4n) is 2.74. The van der Waals surface area contributed by atoms with E-state index in [2.05, 4.69) is 37.8 Å². The largest absolute Gasteiger partial charge is 0.371 e. The zero-order valence-corrected chi connectivity index (χ0v) is 12.0. The molecule has 1 heterocycles. The van der Waals surface area contributed by atoms with Gasteiger partial charge in [0.1, 0.15) is 0 Å². The lowest BCUT2D eigenvalue weighted by Gasteiger charge is -2.43. The molecule has 1 fully saturated rings. The van der Waals surface area contributed by atoms with Crippen molar-refractivity contribution in [1.82, 2.24) is 0 Å². The Hall–Kier alpha value is -1.20. The molecule has 1 atom stereocenters. The zero-order valence-electron chi connectivity index (χ0n) is 11.2. The van der Waals surface area contributed by atoms with Gasteiger partial charge >= 0.3 is 0 Å². The van der Waals surface area contributed by atoms with E-state index in [9.17, 15) is 5.26 Å². The van der Waals surface area contributed by atoms with E-state index in [0.717, 1.165) is 30.1 Å². The molecule has 1 aliphatic heterocycles. The van der Waals surface area contributed by atoms with Crippen molar-refractivity contribution in [3.63, 3.8) is 0 Å². The second-order valence-corrected chi connectivity index (χ2v) is 6.17. The van der Waals surface area contributed by atoms with Crippen LogP contribution in [0.5, 0.6) is 0 Å². The number of hydrogen-bond acceptors (Lipinski definition) is 2. The Balaban J connectivity index is 2.27. The van der Waals surface area contributed by atoms with Gasteiger partial charge in [0.2, 0.25) is 0 Å². The molecule has 0 aromatic heterocycles. The summed E-state index contributed by atoms with van der Waals surface area (Å²) in [7, 11) is 0. The molecule has 1 saturated heterocycles. The fourth-order valence-corrected chi connectivity index (χ4v) is 2.91. The molecular formula is C15H19ClN2. The van der Waals surface area contributed by atoms with E-state index in [1.807, 2.05) is 12.1 Å². The molecule has 0 N–H and O–H groups in total. The second-order valence-electron chi connectivity index (χ2n) is 5.76. The van der Waals surface area contributed by atoms with Crippen LogP contribution in [0.3, 0.4) is 0 Å². The predicted molar refractivity (Wildman–Crippen MR) is 75.9 cm³/mol. The first-order chi connectivity index (χ1) is 8.45. The van der Waals surface area contributed by atoms with Gasteiger partial charge in [0.15, 0.2) is 0 Å². The molecule has 0 amide bonds. The highest BCUT2D eigenvalue weighted by molar-refractivity contribution is 6.31. The highest BCUT2D eigenvalue weighted by atomic mass is 35.5. The molecule has 1 aromatic rings. The van der Waals surface area contributed by atoms with Crippen molar-refractivity contribution in [2.45, 2.75) is 27.2 Å². The summed E-state index contributed by atoms with van der Waals surface area (Å²) in [5.41, 5.74) is 2.36. The Bertz CT molecular complexity index is 488. The van der Waals surface area contributed by atoms with E-state index in [4.69, 9.17) is 11.6 Å². The van der Waals surface area contributed by atoms with Crippen molar-refractivity contribution < 1.29 is 0 Å². The van der Waals surface area contributed by atoms with Gasteiger partial charge in [-0.3, -0.25) is 0 Å². The number of nitriles is 1. The van der Waals surface area contributed by atoms with Crippen LogP contribution in [-0.2, 0) is 0 Å². The Morgan fingerprint density at radius 1 is 1.44 bits per heavy atom. The third-order valence-electron chi connectivity index (χ3n) is 3.97. The Kier molecular flexibility index (Phi) is 3.54. The lowest BCUT2D eigenvalue weighted by atomic mass is 9.74. The van der Waals surface area contributed by atoms with Gasteiger partial charge in [-0.05, 0) is 36.5 Å². The number of hydrogen-bond donors (Lipinski definition) is 0. The molecule has 18 heavy (non-hydrogen) atoms. The average molecular weight is 263 g/mol. The van der Waals surface area contributed by atoms with Gasteiger partial charge in [-0.25, -0.2) is 0 Å². The minimum atomic E-state index is 0.0295. The molecule has 0 spiro atoms. The minimum Gasteiger partial charge on any atom is -0.371 e. The van der Waals surface area contributed by atoms with Gasteiger partial charge in [-0.1, -0.05) is 31.5 Å². The molecular weight excluding hydrogens is 244 g/mol. The van der Waals surface area contributed by atoms with Gasteiger partial charge in [0, 0.05) is 23.8 Å². The van der Waals surface area contributed by atoms with E-state index in [1.54, 1.807) is 0 Å². The monoisotopic (exact) mass is 262 g/mol. The molecule has 0 bridgehead atoms. The summed E-state index contributed by atoms with van der Waals surface area (Å²) in [6, 6.07) is 8.47. The number of anilines is 1. The number of piperidine rings is 1. The highest BCUT2D eigenvalue weighted by Crippen LogP contribution is 2.38. The first-order valence-corrected chi connectivity index (χ1v) is 6.73. The maximum atomic E-state index is 9.19. The van der Waals surface area contributed by atoms with E-state index >= 15 is 0 Å². The van der Waals surface area contributed by atoms with Crippen molar-refractivity contribution in [3.05, 3.63) is 28.8 Å². The molecule has 0 saturated carbocycles. The van der Waals surface area contributed by atoms with Crippen LogP contribution in [0.15, 0.2) is 18.2 Å². The lowest BCUT2D eigenvalue weighted by Crippen LogP contribution is -2.45. The number of benzene rings is 1. The standard InChI is InChI=1S/C15H19ClN2/c1-11-13(16)5-4-6-14(11)18-8-7-12(9-17)15(2,3)10-18/h4-6,12H,7-8,10H2,1-3H3. The number of halogens is 1. The van der Waals surface area contributed by atoms with Crippen LogP contribution < -0.4 is 4.90 Å². The van der Waals surface area contributed by atoms with Gasteiger partial charge in [0.05, 0.1) is 12.0 Å². The predicted octanol–water partition coefficient (Wildman–Crippen LogP) is 4.02. The summed E-state index contributed by atoms with van der Waals surface area (Å²) in [6.07, 6.45) is 0.926. The summed E-state index contributed by atoms with van der Waals surface area (Å²) in [5.74, 6) is 0.147. The van der Waals surface area contributed by atoms with Gasteiger partial charge < -0.3 is 4.90 Å². The Morgan fingerprint density at radius 3 is 2.78 bits per heavy atom. The molecule has 1 unspecified atom stereocenters. The smallest absolute Gasteiger partial charge is 0.0662 e. The van der Waals surface area contributed by atoms with Crippen LogP contribution in [0, 0.1) is 29.6 Å². The summed E-state index contributed by atoms with van der Waals surface area (Å²) in [4.78, 5) is 2.36. The first-order valence-electron chi connectivity index (χ1n) is 6.35. The van der Waals surface area contributed by atoms with Gasteiger partial charge in [-0.15, -0.1) is 0 Å². The number of rotatable bonds is 1. The average Bonchev–Trinajstić information content (AvgIpc) is 2.31. The van der Waals surface area contributed by atoms with Crippen molar-refractivity contribution in [2.75, 3.05) is 18.0 Å². The minimum absolute atomic E-state index is 0.0295. The van der Waals surface area contributed by atoms with E-state index in [1.165, 1.54) is 5.69 Å². The maximum Gasteiger partial charge on any atom is 0.0662 e. The SMILES string of the molecule is Cc1c(Cl)cccc1N1CCC(C#N)C(C)(C)C1. The number of nitrogens with zero attached hydrogens (tertiary/aromatic N) is 2. The third-order valence-corrected chi connectivity index (χ3v) is 4.37. The van der Waals surface area contributed by atoms with Crippen LogP contribution in [0.2, 0.25) is 5.02 Å². The lowest BCUT2D eigenvalue weighted by molar-refractivity contribution is 0.226. The third kappa shape index (κ3) is 2.33.